The van der Waals surface area contributed by atoms with Crippen LogP contribution in [0, 0.1) is 0 Å². The Balaban J connectivity index is 0.000000263. The molecule has 0 spiro atoms. The number of carboxylic acid groups (broad SMARTS) is 2. The molecule has 14 rings (SSSR count). The number of hydrogen-bond donors (Lipinski definition) is 0. The third-order valence-electron chi connectivity index (χ3n) is 13.1. The number of rotatable bonds is 9. The molecule has 0 bridgehead atoms. The van der Waals surface area contributed by atoms with Crippen LogP contribution >= 0.6 is 15.6 Å². The first-order chi connectivity index (χ1) is 48.3. The van der Waals surface area contributed by atoms with Crippen molar-refractivity contribution in [3.63, 3.8) is 0 Å². The Hall–Kier alpha value is -10.4. The molecule has 0 radical (unpaired) electrons. The van der Waals surface area contributed by atoms with Crippen LogP contribution in [0.25, 0.3) is 112 Å². The summed E-state index contributed by atoms with van der Waals surface area (Å²) in [5, 5.41) is 21.1. The van der Waals surface area contributed by atoms with E-state index in [-0.39, 0.29) is 39.0 Å². The van der Waals surface area contributed by atoms with Gasteiger partial charge in [-0.25, -0.2) is 29.9 Å². The van der Waals surface area contributed by atoms with Crippen molar-refractivity contribution in [3.8, 4) is 68.3 Å². The molecule has 0 saturated heterocycles. The smallest absolute Gasteiger partial charge is 0.554 e. The van der Waals surface area contributed by atoms with Gasteiger partial charge in [-0.3, -0.25) is 19.9 Å². The molecule has 542 valence electrons. The van der Waals surface area contributed by atoms with Gasteiger partial charge in [0.05, 0.1) is 90.4 Å². The SMILES string of the molecule is CCCCCC.F[P-](F)(F)(F)(F)F.F[P-](F)(F)(F)(F)F.O=C[O-].O=C[O-].[Ru+2].[Ru+2].c1ccc(-c2cccc(-c3ccccn3)n2)nc1.c1ccc(-c2cccc(-c3ccccn3)n2)nc1.c1ccc2nc(-c3ccc4ccccc4n3)ccc2c1.c1ccc2nc(-c3ccc4ccccc4n3)ccc2c1. The Morgan fingerprint density at radius 1 is 0.260 bits per heavy atom. The van der Waals surface area contributed by atoms with Crippen LogP contribution in [0.3, 0.4) is 0 Å². The molecule has 30 heteroatoms. The van der Waals surface area contributed by atoms with Crippen molar-refractivity contribution < 1.29 is 109 Å². The summed E-state index contributed by atoms with van der Waals surface area (Å²) in [7, 11) is -21.3. The fourth-order valence-electron chi connectivity index (χ4n) is 8.83. The zero-order valence-electron chi connectivity index (χ0n) is 54.8. The largest absolute Gasteiger partial charge is 2.00 e. The van der Waals surface area contributed by atoms with Gasteiger partial charge in [-0.05, 0) is 121 Å². The number of benzene rings is 4. The van der Waals surface area contributed by atoms with E-state index >= 15 is 0 Å². The zero-order chi connectivity index (χ0) is 74.2. The van der Waals surface area contributed by atoms with Gasteiger partial charge < -0.3 is 19.8 Å². The molecule has 0 atom stereocenters. The van der Waals surface area contributed by atoms with Gasteiger partial charge in [0, 0.05) is 59.3 Å². The number of fused-ring (bicyclic) bond motifs is 4. The summed E-state index contributed by atoms with van der Waals surface area (Å²) < 4.78 is 118. The number of unbranched alkanes of at least 4 members (excludes halogenated alkanes) is 3. The second-order valence-corrected chi connectivity index (χ2v) is 24.9. The fraction of sp³-hybridized carbons (Fsp3) is 0.0811. The molecule has 14 aromatic rings. The standard InChI is InChI=1S/2C18H12N2.2C15H11N3.C6H14.2CH2O2.2F6P.2Ru/c2*1-3-7-15-13(5-1)9-11-17(19-15)18-12-10-14-6-2-4-8-16(14)20-18;2*1-3-10-16-12(6-1)14-8-5-9-15(18-14)13-7-2-4-11-17-13;1-3-5-6-4-2;2*2-1-3;2*1-7(2,3,4,5)6;;/h2*1-12H;2*1-11H;3-6H2,1-2H3;2*1H,(H,2,3);;;;/q;;;;;;;2*-1;2*+2/p-2. The van der Waals surface area contributed by atoms with E-state index in [1.54, 1.807) is 24.8 Å². The Morgan fingerprint density at radius 2 is 0.433 bits per heavy atom. The molecule has 0 N–H and O–H groups in total. The van der Waals surface area contributed by atoms with Crippen molar-refractivity contribution in [1.82, 2.24) is 49.8 Å². The van der Waals surface area contributed by atoms with Crippen molar-refractivity contribution in [3.05, 3.63) is 280 Å². The van der Waals surface area contributed by atoms with Gasteiger partial charge in [0.25, 0.3) is 0 Å². The third kappa shape index (κ3) is 34.1. The van der Waals surface area contributed by atoms with Crippen LogP contribution in [-0.4, -0.2) is 62.8 Å². The van der Waals surface area contributed by atoms with Crippen molar-refractivity contribution in [2.75, 3.05) is 0 Å². The molecule has 0 aliphatic heterocycles. The van der Waals surface area contributed by atoms with Crippen LogP contribution in [0.2, 0.25) is 0 Å². The minimum atomic E-state index is -10.7. The van der Waals surface area contributed by atoms with Gasteiger partial charge >= 0.3 is 105 Å². The van der Waals surface area contributed by atoms with Gasteiger partial charge in [0.1, 0.15) is 0 Å². The molecule has 0 aliphatic carbocycles. The van der Waals surface area contributed by atoms with Gasteiger partial charge in [-0.2, -0.15) is 0 Å². The van der Waals surface area contributed by atoms with Crippen LogP contribution in [0.4, 0.5) is 50.4 Å². The number of carbonyl (C=O) groups excluding carboxylic acids is 2. The van der Waals surface area contributed by atoms with E-state index in [0.717, 1.165) is 112 Å². The fourth-order valence-corrected chi connectivity index (χ4v) is 8.83. The first-order valence-corrected chi connectivity index (χ1v) is 34.6. The first-order valence-electron chi connectivity index (χ1n) is 30.6. The molecule has 4 aromatic carbocycles. The van der Waals surface area contributed by atoms with Crippen LogP contribution in [0.1, 0.15) is 39.5 Å². The summed E-state index contributed by atoms with van der Waals surface area (Å²) in [5.74, 6) is 0. The average molecular weight is 1650 g/mol. The molecular formula is C74H62F12N10O4P2Ru2. The number of nitrogens with zero attached hydrogens (tertiary/aromatic N) is 10. The minimum Gasteiger partial charge on any atom is -0.554 e. The van der Waals surface area contributed by atoms with E-state index in [4.69, 9.17) is 19.8 Å². The summed E-state index contributed by atoms with van der Waals surface area (Å²) in [6, 6.07) is 84.0. The Labute approximate surface area is 614 Å². The maximum Gasteiger partial charge on any atom is 2.00 e. The molecule has 0 amide bonds. The third-order valence-corrected chi connectivity index (χ3v) is 13.1. The molecular weight excluding hydrogens is 1580 g/mol. The summed E-state index contributed by atoms with van der Waals surface area (Å²) in [5.41, 5.74) is 14.6. The summed E-state index contributed by atoms with van der Waals surface area (Å²) >= 11 is 0. The quantitative estimate of drug-likeness (QED) is 0.0433. The number of hydrogen-bond acceptors (Lipinski definition) is 14. The van der Waals surface area contributed by atoms with E-state index in [0.29, 0.717) is 0 Å². The van der Waals surface area contributed by atoms with E-state index in [2.05, 4.69) is 112 Å². The number of pyridine rings is 10. The zero-order valence-corrected chi connectivity index (χ0v) is 60.0. The molecule has 0 aliphatic rings. The second kappa shape index (κ2) is 38.8. The number of halogens is 12. The Kier molecular flexibility index (Phi) is 32.1. The summed E-state index contributed by atoms with van der Waals surface area (Å²) in [6.45, 7) is 3.46. The molecule has 104 heavy (non-hydrogen) atoms. The maximum atomic E-state index is 9.87. The number of para-hydroxylation sites is 4. The van der Waals surface area contributed by atoms with Gasteiger partial charge in [-0.1, -0.05) is 173 Å². The van der Waals surface area contributed by atoms with Crippen molar-refractivity contribution >= 4 is 72.2 Å². The van der Waals surface area contributed by atoms with Crippen molar-refractivity contribution in [1.29, 1.82) is 0 Å². The number of carbonyl (C=O) groups is 2. The van der Waals surface area contributed by atoms with Crippen LogP contribution in [-0.2, 0) is 48.5 Å². The summed E-state index contributed by atoms with van der Waals surface area (Å²) in [6.07, 6.45) is 12.6. The summed E-state index contributed by atoms with van der Waals surface area (Å²) in [4.78, 5) is 61.6. The maximum absolute atomic E-state index is 10.7. The van der Waals surface area contributed by atoms with E-state index in [9.17, 15) is 50.4 Å². The monoisotopic (exact) mass is 1650 g/mol. The van der Waals surface area contributed by atoms with Crippen LogP contribution < -0.4 is 10.2 Å². The van der Waals surface area contributed by atoms with E-state index in [1.807, 2.05) is 206 Å². The van der Waals surface area contributed by atoms with Crippen molar-refractivity contribution in [2.45, 2.75) is 39.5 Å². The molecule has 10 aromatic heterocycles. The molecule has 14 nitrogen and oxygen atoms in total. The van der Waals surface area contributed by atoms with Crippen LogP contribution in [0.5, 0.6) is 0 Å². The van der Waals surface area contributed by atoms with Crippen molar-refractivity contribution in [2.24, 2.45) is 0 Å². The molecule has 0 fully saturated rings. The first kappa shape index (κ1) is 86.0. The van der Waals surface area contributed by atoms with E-state index < -0.39 is 28.6 Å². The molecule has 0 unspecified atom stereocenters. The molecule has 10 heterocycles. The predicted octanol–water partition coefficient (Wildman–Crippen LogP) is 21.4. The topological polar surface area (TPSA) is 209 Å². The van der Waals surface area contributed by atoms with Crippen LogP contribution in [0.15, 0.2) is 280 Å². The second-order valence-electron chi connectivity index (χ2n) is 21.0. The predicted molar refractivity (Wildman–Crippen MR) is 375 cm³/mol. The van der Waals surface area contributed by atoms with Gasteiger partial charge in [0.2, 0.25) is 0 Å². The minimum absolute atomic E-state index is 0. The Morgan fingerprint density at radius 3 is 0.615 bits per heavy atom. The normalized spacial score (nSPS) is 11.6. The van der Waals surface area contributed by atoms with Gasteiger partial charge in [0.15, 0.2) is 0 Å². The van der Waals surface area contributed by atoms with E-state index in [1.165, 1.54) is 25.7 Å². The van der Waals surface area contributed by atoms with Gasteiger partial charge in [-0.15, -0.1) is 0 Å². The number of aromatic nitrogens is 10. The average Bonchev–Trinajstić information content (AvgIpc) is 0.791. The molecule has 0 saturated carbocycles. The Bertz CT molecular complexity index is 4360.